The molecule has 0 aliphatic carbocycles. The van der Waals surface area contributed by atoms with Gasteiger partial charge in [0.25, 0.3) is 0 Å². The van der Waals surface area contributed by atoms with Crippen LogP contribution in [0, 0.1) is 11.6 Å². The predicted molar refractivity (Wildman–Crippen MR) is 115 cm³/mol. The minimum Gasteiger partial charge on any atom is -0.403 e. The number of aryl methyl sites for hydroxylation is 1. The summed E-state index contributed by atoms with van der Waals surface area (Å²) < 4.78 is 69.4. The van der Waals surface area contributed by atoms with E-state index in [-0.39, 0.29) is 11.1 Å². The van der Waals surface area contributed by atoms with Gasteiger partial charge < -0.3 is 4.74 Å². The first-order valence-corrected chi connectivity index (χ1v) is 10.1. The summed E-state index contributed by atoms with van der Waals surface area (Å²) in [6.45, 7) is 2.13. The summed E-state index contributed by atoms with van der Waals surface area (Å²) in [5.74, 6) is -2.79. The average Bonchev–Trinajstić information content (AvgIpc) is 2.74. The highest BCUT2D eigenvalue weighted by Crippen LogP contribution is 2.33. The zero-order chi connectivity index (χ0) is 22.9. The number of rotatable bonds is 5. The first-order chi connectivity index (χ1) is 15.2. The molecule has 0 saturated heterocycles. The summed E-state index contributed by atoms with van der Waals surface area (Å²) in [4.78, 5) is 0. The number of halogens is 5. The fraction of sp³-hybridized carbons (Fsp3) is 0.154. The molecule has 32 heavy (non-hydrogen) atoms. The zero-order valence-corrected chi connectivity index (χ0v) is 17.1. The molecule has 0 atom stereocenters. The van der Waals surface area contributed by atoms with Crippen LogP contribution >= 0.6 is 0 Å². The van der Waals surface area contributed by atoms with Crippen LogP contribution in [0.25, 0.3) is 33.0 Å². The largest absolute Gasteiger partial charge is 0.573 e. The highest BCUT2D eigenvalue weighted by molar-refractivity contribution is 5.88. The normalized spacial score (nSPS) is 11.7. The van der Waals surface area contributed by atoms with Crippen molar-refractivity contribution in [2.45, 2.75) is 26.1 Å². The highest BCUT2D eigenvalue weighted by atomic mass is 19.4. The van der Waals surface area contributed by atoms with E-state index >= 15 is 0 Å². The van der Waals surface area contributed by atoms with Crippen LogP contribution in [0.2, 0.25) is 0 Å². The van der Waals surface area contributed by atoms with E-state index in [1.807, 2.05) is 24.3 Å². The second-order valence-corrected chi connectivity index (χ2v) is 7.53. The maximum Gasteiger partial charge on any atom is 0.573 e. The molecule has 0 aliphatic heterocycles. The molecule has 0 saturated carbocycles. The topological polar surface area (TPSA) is 9.23 Å². The molecule has 0 radical (unpaired) electrons. The molecule has 0 amide bonds. The van der Waals surface area contributed by atoms with E-state index in [0.29, 0.717) is 5.56 Å². The Hall–Kier alpha value is -3.41. The standard InChI is InChI=1S/C26H19F5O/c1-2-3-16-4-5-18-13-19(7-6-17(18)12-16)20-8-10-22(23(27)14-20)21-9-11-25(24(28)15-21)32-26(29,30)31/h4-15H,2-3H2,1H3. The van der Waals surface area contributed by atoms with Crippen molar-refractivity contribution in [3.05, 3.63) is 90.0 Å². The van der Waals surface area contributed by atoms with Crippen LogP contribution in [-0.2, 0) is 6.42 Å². The summed E-state index contributed by atoms with van der Waals surface area (Å²) >= 11 is 0. The third kappa shape index (κ3) is 4.74. The number of ether oxygens (including phenoxy) is 1. The molecule has 0 fully saturated rings. The van der Waals surface area contributed by atoms with Crippen molar-refractivity contribution in [1.82, 2.24) is 0 Å². The Morgan fingerprint density at radius 3 is 2.00 bits per heavy atom. The predicted octanol–water partition coefficient (Wildman–Crippen LogP) is 8.30. The van der Waals surface area contributed by atoms with Gasteiger partial charge in [-0.25, -0.2) is 8.78 Å². The van der Waals surface area contributed by atoms with Gasteiger partial charge in [0.1, 0.15) is 5.82 Å². The molecule has 0 aromatic heterocycles. The average molecular weight is 442 g/mol. The molecule has 0 N–H and O–H groups in total. The molecule has 4 rings (SSSR count). The third-order valence-electron chi connectivity index (χ3n) is 5.21. The molecule has 0 heterocycles. The lowest BCUT2D eigenvalue weighted by Crippen LogP contribution is -2.17. The second-order valence-electron chi connectivity index (χ2n) is 7.53. The number of alkyl halides is 3. The molecule has 6 heteroatoms. The SMILES string of the molecule is CCCc1ccc2cc(-c3ccc(-c4ccc(OC(F)(F)F)c(F)c4)c(F)c3)ccc2c1. The van der Waals surface area contributed by atoms with Gasteiger partial charge in [-0.3, -0.25) is 0 Å². The van der Waals surface area contributed by atoms with Crippen LogP contribution in [0.4, 0.5) is 22.0 Å². The molecular formula is C26H19F5O. The van der Waals surface area contributed by atoms with Crippen LogP contribution < -0.4 is 4.74 Å². The molecular weight excluding hydrogens is 423 g/mol. The van der Waals surface area contributed by atoms with E-state index in [4.69, 9.17) is 0 Å². The van der Waals surface area contributed by atoms with Crippen molar-refractivity contribution in [3.63, 3.8) is 0 Å². The molecule has 4 aromatic carbocycles. The quantitative estimate of drug-likeness (QED) is 0.283. The Kier molecular flexibility index (Phi) is 5.87. The molecule has 0 aliphatic rings. The Balaban J connectivity index is 1.63. The lowest BCUT2D eigenvalue weighted by atomic mass is 9.96. The van der Waals surface area contributed by atoms with Crippen molar-refractivity contribution < 1.29 is 26.7 Å². The van der Waals surface area contributed by atoms with Gasteiger partial charge in [0, 0.05) is 5.56 Å². The fourth-order valence-electron chi connectivity index (χ4n) is 3.72. The van der Waals surface area contributed by atoms with Crippen LogP contribution in [-0.4, -0.2) is 6.36 Å². The molecule has 0 spiro atoms. The summed E-state index contributed by atoms with van der Waals surface area (Å²) in [7, 11) is 0. The Bertz CT molecular complexity index is 1280. The monoisotopic (exact) mass is 442 g/mol. The maximum absolute atomic E-state index is 14.8. The number of hydrogen-bond donors (Lipinski definition) is 0. The van der Waals surface area contributed by atoms with E-state index < -0.39 is 23.7 Å². The number of fused-ring (bicyclic) bond motifs is 1. The maximum atomic E-state index is 14.8. The lowest BCUT2D eigenvalue weighted by Gasteiger charge is -2.12. The van der Waals surface area contributed by atoms with Crippen molar-refractivity contribution in [1.29, 1.82) is 0 Å². The zero-order valence-electron chi connectivity index (χ0n) is 17.1. The van der Waals surface area contributed by atoms with Crippen molar-refractivity contribution >= 4 is 10.8 Å². The molecule has 164 valence electrons. The van der Waals surface area contributed by atoms with Crippen LogP contribution in [0.15, 0.2) is 72.8 Å². The van der Waals surface area contributed by atoms with E-state index in [9.17, 15) is 22.0 Å². The highest BCUT2D eigenvalue weighted by Gasteiger charge is 2.32. The van der Waals surface area contributed by atoms with Gasteiger partial charge in [-0.15, -0.1) is 13.2 Å². The smallest absolute Gasteiger partial charge is 0.403 e. The first kappa shape index (κ1) is 21.8. The Morgan fingerprint density at radius 1 is 0.688 bits per heavy atom. The van der Waals surface area contributed by atoms with E-state index in [2.05, 4.69) is 23.8 Å². The lowest BCUT2D eigenvalue weighted by molar-refractivity contribution is -0.275. The second kappa shape index (κ2) is 8.61. The van der Waals surface area contributed by atoms with Gasteiger partial charge in [-0.1, -0.05) is 61.9 Å². The first-order valence-electron chi connectivity index (χ1n) is 10.1. The van der Waals surface area contributed by atoms with Gasteiger partial charge in [-0.05, 0) is 63.7 Å². The van der Waals surface area contributed by atoms with Gasteiger partial charge in [0.2, 0.25) is 0 Å². The number of hydrogen-bond acceptors (Lipinski definition) is 1. The molecule has 0 unspecified atom stereocenters. The summed E-state index contributed by atoms with van der Waals surface area (Å²) in [5.41, 5.74) is 2.93. The Morgan fingerprint density at radius 2 is 1.31 bits per heavy atom. The summed E-state index contributed by atoms with van der Waals surface area (Å²) in [6, 6.07) is 19.5. The minimum atomic E-state index is -5.01. The number of benzene rings is 4. The Labute approximate surface area is 182 Å². The third-order valence-corrected chi connectivity index (χ3v) is 5.21. The fourth-order valence-corrected chi connectivity index (χ4v) is 3.72. The van der Waals surface area contributed by atoms with Crippen molar-refractivity contribution in [2.75, 3.05) is 0 Å². The van der Waals surface area contributed by atoms with Gasteiger partial charge in [0.05, 0.1) is 0 Å². The molecule has 1 nitrogen and oxygen atoms in total. The van der Waals surface area contributed by atoms with E-state index in [1.165, 1.54) is 23.8 Å². The van der Waals surface area contributed by atoms with Crippen LogP contribution in [0.5, 0.6) is 5.75 Å². The van der Waals surface area contributed by atoms with E-state index in [0.717, 1.165) is 41.3 Å². The van der Waals surface area contributed by atoms with Gasteiger partial charge in [-0.2, -0.15) is 0 Å². The molecule has 4 aromatic rings. The van der Waals surface area contributed by atoms with Gasteiger partial charge >= 0.3 is 6.36 Å². The van der Waals surface area contributed by atoms with Crippen LogP contribution in [0.3, 0.4) is 0 Å². The summed E-state index contributed by atoms with van der Waals surface area (Å²) in [6.07, 6.45) is -2.93. The van der Waals surface area contributed by atoms with Gasteiger partial charge in [0.15, 0.2) is 11.6 Å². The van der Waals surface area contributed by atoms with Crippen molar-refractivity contribution in [3.8, 4) is 28.0 Å². The molecule has 0 bridgehead atoms. The van der Waals surface area contributed by atoms with E-state index in [1.54, 1.807) is 6.07 Å². The summed E-state index contributed by atoms with van der Waals surface area (Å²) in [5, 5.41) is 2.14. The van der Waals surface area contributed by atoms with Crippen molar-refractivity contribution in [2.24, 2.45) is 0 Å². The van der Waals surface area contributed by atoms with Crippen LogP contribution in [0.1, 0.15) is 18.9 Å². The minimum absolute atomic E-state index is 0.0798.